The molecule has 0 fully saturated rings. The summed E-state index contributed by atoms with van der Waals surface area (Å²) in [4.78, 5) is 0. The zero-order valence-electron chi connectivity index (χ0n) is 12.7. The highest BCUT2D eigenvalue weighted by atomic mass is 19.1. The molecule has 0 heterocycles. The Hall–Kier alpha value is -0.790. The summed E-state index contributed by atoms with van der Waals surface area (Å²) < 4.78 is 17.2. The molecule has 0 amide bonds. The van der Waals surface area contributed by atoms with E-state index in [1.165, 1.54) is 25.7 Å². The van der Waals surface area contributed by atoms with E-state index in [1.807, 2.05) is 6.08 Å². The molecular formula is C17H29FO. The van der Waals surface area contributed by atoms with Gasteiger partial charge in [0, 0.05) is 0 Å². The van der Waals surface area contributed by atoms with Crippen LogP contribution >= 0.6 is 0 Å². The normalized spacial score (nSPS) is 23.2. The van der Waals surface area contributed by atoms with E-state index in [-0.39, 0.29) is 0 Å². The van der Waals surface area contributed by atoms with Gasteiger partial charge in [-0.3, -0.25) is 0 Å². The highest BCUT2D eigenvalue weighted by Crippen LogP contribution is 2.29. The van der Waals surface area contributed by atoms with Crippen LogP contribution in [0.25, 0.3) is 0 Å². The average molecular weight is 268 g/mol. The summed E-state index contributed by atoms with van der Waals surface area (Å²) in [6.45, 7) is 6.23. The minimum Gasteiger partial charge on any atom is -0.463 e. The van der Waals surface area contributed by atoms with Gasteiger partial charge in [0.2, 0.25) is 6.86 Å². The van der Waals surface area contributed by atoms with Crippen LogP contribution in [0, 0.1) is 17.8 Å². The van der Waals surface area contributed by atoms with Gasteiger partial charge in [-0.25, -0.2) is 4.39 Å². The standard InChI is InChI=1S/C17H29FO/c1-4-14(2)9-10-15(3)16-7-5-6-8-17(12-11-16)19-13-18/h6,8,12,14-16H,4-5,7,9-11,13H2,1-3H3. The van der Waals surface area contributed by atoms with E-state index in [1.54, 1.807) is 0 Å². The molecule has 0 aromatic rings. The molecule has 3 atom stereocenters. The van der Waals surface area contributed by atoms with Crippen LogP contribution in [0.3, 0.4) is 0 Å². The van der Waals surface area contributed by atoms with Crippen molar-refractivity contribution in [3.63, 3.8) is 0 Å². The van der Waals surface area contributed by atoms with Crippen LogP contribution < -0.4 is 0 Å². The lowest BCUT2D eigenvalue weighted by molar-refractivity contribution is 0.122. The first-order valence-electron chi connectivity index (χ1n) is 7.72. The van der Waals surface area contributed by atoms with Crippen molar-refractivity contribution in [2.45, 2.75) is 59.3 Å². The predicted octanol–water partition coefficient (Wildman–Crippen LogP) is 5.63. The summed E-state index contributed by atoms with van der Waals surface area (Å²) in [6.07, 6.45) is 13.3. The van der Waals surface area contributed by atoms with Crippen LogP contribution in [0.2, 0.25) is 0 Å². The summed E-state index contributed by atoms with van der Waals surface area (Å²) in [7, 11) is 0. The van der Waals surface area contributed by atoms with Crippen molar-refractivity contribution in [2.24, 2.45) is 17.8 Å². The highest BCUT2D eigenvalue weighted by Gasteiger charge is 2.17. The summed E-state index contributed by atoms with van der Waals surface area (Å²) in [5.74, 6) is 2.97. The van der Waals surface area contributed by atoms with Gasteiger partial charge in [-0.15, -0.1) is 0 Å². The Labute approximate surface area is 117 Å². The number of alkyl halides is 1. The maximum atomic E-state index is 12.2. The first-order chi connectivity index (χ1) is 9.17. The van der Waals surface area contributed by atoms with E-state index in [0.717, 1.165) is 24.7 Å². The van der Waals surface area contributed by atoms with E-state index in [4.69, 9.17) is 4.74 Å². The van der Waals surface area contributed by atoms with Crippen molar-refractivity contribution < 1.29 is 9.13 Å². The number of halogens is 1. The topological polar surface area (TPSA) is 9.23 Å². The van der Waals surface area contributed by atoms with Gasteiger partial charge in [0.15, 0.2) is 0 Å². The second kappa shape index (κ2) is 9.17. The lowest BCUT2D eigenvalue weighted by Gasteiger charge is -2.24. The molecule has 1 nitrogen and oxygen atoms in total. The van der Waals surface area contributed by atoms with Crippen LogP contribution in [-0.4, -0.2) is 6.86 Å². The molecule has 0 N–H and O–H groups in total. The lowest BCUT2D eigenvalue weighted by Crippen LogP contribution is -2.13. The van der Waals surface area contributed by atoms with Gasteiger partial charge in [-0.1, -0.05) is 46.1 Å². The Bertz CT molecular complexity index is 296. The third kappa shape index (κ3) is 6.26. The maximum absolute atomic E-state index is 12.2. The van der Waals surface area contributed by atoms with Crippen molar-refractivity contribution in [1.29, 1.82) is 0 Å². The van der Waals surface area contributed by atoms with Crippen molar-refractivity contribution in [3.05, 3.63) is 24.0 Å². The molecule has 0 aromatic carbocycles. The summed E-state index contributed by atoms with van der Waals surface area (Å²) in [5.41, 5.74) is 0. The van der Waals surface area contributed by atoms with Crippen LogP contribution in [-0.2, 0) is 4.74 Å². The fraction of sp³-hybridized carbons (Fsp3) is 0.765. The summed E-state index contributed by atoms with van der Waals surface area (Å²) >= 11 is 0. The van der Waals surface area contributed by atoms with Gasteiger partial charge in [0.05, 0.1) is 0 Å². The number of hydrogen-bond acceptors (Lipinski definition) is 1. The van der Waals surface area contributed by atoms with Gasteiger partial charge < -0.3 is 4.74 Å². The molecule has 110 valence electrons. The van der Waals surface area contributed by atoms with Gasteiger partial charge in [-0.05, 0) is 49.2 Å². The highest BCUT2D eigenvalue weighted by molar-refractivity contribution is 5.13. The Balaban J connectivity index is 2.46. The van der Waals surface area contributed by atoms with Crippen molar-refractivity contribution in [3.8, 4) is 0 Å². The molecule has 3 unspecified atom stereocenters. The molecule has 19 heavy (non-hydrogen) atoms. The average Bonchev–Trinajstić information content (AvgIpc) is 2.39. The van der Waals surface area contributed by atoms with Crippen LogP contribution in [0.4, 0.5) is 4.39 Å². The van der Waals surface area contributed by atoms with E-state index < -0.39 is 6.86 Å². The van der Waals surface area contributed by atoms with Gasteiger partial charge in [-0.2, -0.15) is 0 Å². The third-order valence-corrected chi connectivity index (χ3v) is 4.45. The van der Waals surface area contributed by atoms with E-state index in [2.05, 4.69) is 32.9 Å². The van der Waals surface area contributed by atoms with Crippen molar-refractivity contribution >= 4 is 0 Å². The van der Waals surface area contributed by atoms with Crippen LogP contribution in [0.1, 0.15) is 59.3 Å². The molecule has 0 saturated carbocycles. The molecule has 0 aliphatic heterocycles. The molecule has 0 bridgehead atoms. The fourth-order valence-electron chi connectivity index (χ4n) is 2.64. The van der Waals surface area contributed by atoms with E-state index in [0.29, 0.717) is 11.7 Å². The summed E-state index contributed by atoms with van der Waals surface area (Å²) in [5, 5.41) is 0. The van der Waals surface area contributed by atoms with Crippen molar-refractivity contribution in [1.82, 2.24) is 0 Å². The second-order valence-corrected chi connectivity index (χ2v) is 5.90. The van der Waals surface area contributed by atoms with E-state index in [9.17, 15) is 4.39 Å². The molecule has 1 rings (SSSR count). The smallest absolute Gasteiger partial charge is 0.228 e. The number of allylic oxidation sites excluding steroid dienone is 3. The zero-order valence-corrected chi connectivity index (χ0v) is 12.7. The Morgan fingerprint density at radius 2 is 2.16 bits per heavy atom. The second-order valence-electron chi connectivity index (χ2n) is 5.90. The molecule has 1 aliphatic rings. The maximum Gasteiger partial charge on any atom is 0.228 e. The van der Waals surface area contributed by atoms with Crippen molar-refractivity contribution in [2.75, 3.05) is 6.86 Å². The molecule has 0 radical (unpaired) electrons. The summed E-state index contributed by atoms with van der Waals surface area (Å²) in [6, 6.07) is 0. The lowest BCUT2D eigenvalue weighted by atomic mass is 9.82. The zero-order chi connectivity index (χ0) is 14.1. The minimum absolute atomic E-state index is 0.696. The Morgan fingerprint density at radius 1 is 1.37 bits per heavy atom. The Morgan fingerprint density at radius 3 is 2.84 bits per heavy atom. The predicted molar refractivity (Wildman–Crippen MR) is 79.5 cm³/mol. The third-order valence-electron chi connectivity index (χ3n) is 4.45. The monoisotopic (exact) mass is 268 g/mol. The molecule has 2 heteroatoms. The van der Waals surface area contributed by atoms with E-state index >= 15 is 0 Å². The molecular weight excluding hydrogens is 239 g/mol. The van der Waals surface area contributed by atoms with Gasteiger partial charge in [0.25, 0.3) is 0 Å². The molecule has 0 aromatic heterocycles. The first-order valence-corrected chi connectivity index (χ1v) is 7.72. The van der Waals surface area contributed by atoms with Crippen LogP contribution in [0.15, 0.2) is 24.0 Å². The quantitative estimate of drug-likeness (QED) is 0.581. The fourth-order valence-corrected chi connectivity index (χ4v) is 2.64. The number of ether oxygens (including phenoxy) is 1. The Kier molecular flexibility index (Phi) is 7.85. The van der Waals surface area contributed by atoms with Crippen LogP contribution in [0.5, 0.6) is 0 Å². The molecule has 0 spiro atoms. The van der Waals surface area contributed by atoms with Gasteiger partial charge in [0.1, 0.15) is 5.76 Å². The number of hydrogen-bond donors (Lipinski definition) is 0. The SMILES string of the molecule is CCC(C)CCC(C)C1CC=C(OCF)C=CCC1. The number of rotatable bonds is 7. The minimum atomic E-state index is -0.732. The molecule has 0 saturated heterocycles. The molecule has 1 aliphatic carbocycles. The first kappa shape index (κ1) is 16.3. The largest absolute Gasteiger partial charge is 0.463 e. The van der Waals surface area contributed by atoms with Gasteiger partial charge >= 0.3 is 0 Å².